The highest BCUT2D eigenvalue weighted by Gasteiger charge is 2.15. The van der Waals surface area contributed by atoms with Gasteiger partial charge in [0, 0.05) is 0 Å². The zero-order valence-electron chi connectivity index (χ0n) is 11.6. The van der Waals surface area contributed by atoms with Crippen LogP contribution >= 0.6 is 23.2 Å². The highest BCUT2D eigenvalue weighted by atomic mass is 35.5. The van der Waals surface area contributed by atoms with E-state index in [1.807, 2.05) is 0 Å². The van der Waals surface area contributed by atoms with Crippen LogP contribution < -0.4 is 4.74 Å². The first kappa shape index (κ1) is 16.3. The highest BCUT2D eigenvalue weighted by Crippen LogP contribution is 2.31. The molecule has 0 saturated carbocycles. The van der Waals surface area contributed by atoms with Crippen molar-refractivity contribution >= 4 is 35.1 Å². The van der Waals surface area contributed by atoms with Crippen LogP contribution in [-0.2, 0) is 4.74 Å². The van der Waals surface area contributed by atoms with Crippen LogP contribution in [0.25, 0.3) is 0 Å². The summed E-state index contributed by atoms with van der Waals surface area (Å²) in [5.41, 5.74) is 0.482. The topological polar surface area (TPSA) is 52.6 Å². The Morgan fingerprint density at radius 1 is 1.00 bits per heavy atom. The molecule has 0 atom stereocenters. The minimum atomic E-state index is -0.643. The summed E-state index contributed by atoms with van der Waals surface area (Å²) in [7, 11) is 0. The van der Waals surface area contributed by atoms with Gasteiger partial charge >= 0.3 is 11.9 Å². The van der Waals surface area contributed by atoms with Gasteiger partial charge in [0.05, 0.1) is 22.8 Å². The van der Waals surface area contributed by atoms with Crippen molar-refractivity contribution in [2.45, 2.75) is 6.92 Å². The van der Waals surface area contributed by atoms with Gasteiger partial charge in [0.15, 0.2) is 5.75 Å². The second-order valence-electron chi connectivity index (χ2n) is 4.24. The minimum Gasteiger partial charge on any atom is -0.462 e. The molecule has 2 rings (SSSR count). The van der Waals surface area contributed by atoms with E-state index in [4.69, 9.17) is 32.7 Å². The number of halogens is 2. The molecule has 0 aliphatic rings. The number of ether oxygens (including phenoxy) is 2. The molecule has 22 heavy (non-hydrogen) atoms. The SMILES string of the molecule is CCOC(=O)c1cccc(C(=O)Oc2cccc(Cl)c2Cl)c1. The number of esters is 2. The lowest BCUT2D eigenvalue weighted by Gasteiger charge is -2.08. The van der Waals surface area contributed by atoms with Crippen LogP contribution in [0.3, 0.4) is 0 Å². The molecule has 0 aliphatic heterocycles. The van der Waals surface area contributed by atoms with Crippen LogP contribution in [0.4, 0.5) is 0 Å². The summed E-state index contributed by atoms with van der Waals surface area (Å²) < 4.78 is 10.1. The van der Waals surface area contributed by atoms with Crippen molar-refractivity contribution in [2.24, 2.45) is 0 Å². The van der Waals surface area contributed by atoms with Gasteiger partial charge in [-0.05, 0) is 37.3 Å². The second kappa shape index (κ2) is 7.29. The van der Waals surface area contributed by atoms with E-state index in [0.717, 1.165) is 0 Å². The van der Waals surface area contributed by atoms with Crippen LogP contribution in [0.1, 0.15) is 27.6 Å². The molecule has 0 N–H and O–H groups in total. The van der Waals surface area contributed by atoms with Crippen LogP contribution in [0.15, 0.2) is 42.5 Å². The molecule has 0 fully saturated rings. The molecule has 0 spiro atoms. The molecular weight excluding hydrogens is 327 g/mol. The number of rotatable bonds is 4. The van der Waals surface area contributed by atoms with Gasteiger partial charge in [0.25, 0.3) is 0 Å². The van der Waals surface area contributed by atoms with Crippen LogP contribution in [0, 0.1) is 0 Å². The molecule has 0 amide bonds. The number of benzene rings is 2. The van der Waals surface area contributed by atoms with Crippen molar-refractivity contribution in [1.29, 1.82) is 0 Å². The number of hydrogen-bond donors (Lipinski definition) is 0. The predicted octanol–water partition coefficient (Wildman–Crippen LogP) is 4.39. The zero-order valence-corrected chi connectivity index (χ0v) is 13.1. The van der Waals surface area contributed by atoms with Gasteiger partial charge in [-0.3, -0.25) is 0 Å². The van der Waals surface area contributed by atoms with Gasteiger partial charge < -0.3 is 9.47 Å². The quantitative estimate of drug-likeness (QED) is 0.612. The molecule has 0 bridgehead atoms. The van der Waals surface area contributed by atoms with Gasteiger partial charge in [-0.1, -0.05) is 35.3 Å². The summed E-state index contributed by atoms with van der Waals surface area (Å²) in [6, 6.07) is 10.8. The molecule has 0 saturated heterocycles. The van der Waals surface area contributed by atoms with E-state index < -0.39 is 11.9 Å². The zero-order chi connectivity index (χ0) is 16.1. The maximum absolute atomic E-state index is 12.1. The Bertz CT molecular complexity index is 713. The molecule has 0 aliphatic carbocycles. The normalized spacial score (nSPS) is 10.1. The summed E-state index contributed by atoms with van der Waals surface area (Å²) in [5, 5.41) is 0.436. The lowest BCUT2D eigenvalue weighted by atomic mass is 10.1. The molecule has 0 heterocycles. The molecule has 6 heteroatoms. The fourth-order valence-corrected chi connectivity index (χ4v) is 2.04. The van der Waals surface area contributed by atoms with Crippen molar-refractivity contribution in [3.63, 3.8) is 0 Å². The average Bonchev–Trinajstić information content (AvgIpc) is 2.52. The van der Waals surface area contributed by atoms with E-state index in [9.17, 15) is 9.59 Å². The van der Waals surface area contributed by atoms with E-state index in [2.05, 4.69) is 0 Å². The van der Waals surface area contributed by atoms with Crippen molar-refractivity contribution in [1.82, 2.24) is 0 Å². The largest absolute Gasteiger partial charge is 0.462 e. The van der Waals surface area contributed by atoms with E-state index >= 15 is 0 Å². The summed E-state index contributed by atoms with van der Waals surface area (Å²) in [4.78, 5) is 23.8. The van der Waals surface area contributed by atoms with E-state index in [1.54, 1.807) is 31.2 Å². The number of carbonyl (C=O) groups excluding carboxylic acids is 2. The van der Waals surface area contributed by atoms with Crippen molar-refractivity contribution in [3.05, 3.63) is 63.6 Å². The van der Waals surface area contributed by atoms with E-state index in [0.29, 0.717) is 0 Å². The van der Waals surface area contributed by atoms with Gasteiger partial charge in [-0.15, -0.1) is 0 Å². The molecule has 0 unspecified atom stereocenters. The summed E-state index contributed by atoms with van der Waals surface area (Å²) in [5.74, 6) is -0.992. The standard InChI is InChI=1S/C16H12Cl2O4/c1-2-21-15(19)10-5-3-6-11(9-10)16(20)22-13-8-4-7-12(17)14(13)18/h3-9H,2H2,1H3. The average molecular weight is 339 g/mol. The Morgan fingerprint density at radius 2 is 1.64 bits per heavy atom. The Morgan fingerprint density at radius 3 is 2.32 bits per heavy atom. The third-order valence-corrected chi connectivity index (χ3v) is 3.53. The predicted molar refractivity (Wildman–Crippen MR) is 83.8 cm³/mol. The minimum absolute atomic E-state index is 0.152. The first-order valence-corrected chi connectivity index (χ1v) is 7.22. The molecular formula is C16H12Cl2O4. The van der Waals surface area contributed by atoms with Crippen LogP contribution in [0.5, 0.6) is 5.75 Å². The number of hydrogen-bond acceptors (Lipinski definition) is 4. The third kappa shape index (κ3) is 3.78. The highest BCUT2D eigenvalue weighted by molar-refractivity contribution is 6.43. The van der Waals surface area contributed by atoms with Crippen molar-refractivity contribution < 1.29 is 19.1 Å². The summed E-state index contributed by atoms with van der Waals surface area (Å²) in [6.45, 7) is 1.96. The van der Waals surface area contributed by atoms with Gasteiger partial charge in [-0.25, -0.2) is 9.59 Å². The lowest BCUT2D eigenvalue weighted by Crippen LogP contribution is -2.11. The van der Waals surface area contributed by atoms with E-state index in [1.165, 1.54) is 18.2 Å². The molecule has 4 nitrogen and oxygen atoms in total. The lowest BCUT2D eigenvalue weighted by molar-refractivity contribution is 0.0526. The van der Waals surface area contributed by atoms with Gasteiger partial charge in [0.2, 0.25) is 0 Å². The Balaban J connectivity index is 2.21. The maximum Gasteiger partial charge on any atom is 0.343 e. The molecule has 0 radical (unpaired) electrons. The summed E-state index contributed by atoms with van der Waals surface area (Å²) in [6.07, 6.45) is 0. The third-order valence-electron chi connectivity index (χ3n) is 2.73. The summed E-state index contributed by atoms with van der Waals surface area (Å²) >= 11 is 11.8. The van der Waals surface area contributed by atoms with Crippen molar-refractivity contribution in [3.8, 4) is 5.75 Å². The van der Waals surface area contributed by atoms with Crippen LogP contribution in [-0.4, -0.2) is 18.5 Å². The molecule has 0 aromatic heterocycles. The molecule has 114 valence electrons. The van der Waals surface area contributed by atoms with Gasteiger partial charge in [0.1, 0.15) is 5.02 Å². The fraction of sp³-hybridized carbons (Fsp3) is 0.125. The molecule has 2 aromatic rings. The Hall–Kier alpha value is -2.04. The Kier molecular flexibility index (Phi) is 5.41. The second-order valence-corrected chi connectivity index (χ2v) is 5.03. The molecule has 2 aromatic carbocycles. The Labute approximate surface area is 137 Å². The maximum atomic E-state index is 12.1. The first-order valence-electron chi connectivity index (χ1n) is 6.46. The fourth-order valence-electron chi connectivity index (χ4n) is 1.71. The monoisotopic (exact) mass is 338 g/mol. The number of carbonyl (C=O) groups is 2. The smallest absolute Gasteiger partial charge is 0.343 e. The van der Waals surface area contributed by atoms with E-state index in [-0.39, 0.29) is 33.5 Å². The van der Waals surface area contributed by atoms with Gasteiger partial charge in [-0.2, -0.15) is 0 Å². The van der Waals surface area contributed by atoms with Crippen molar-refractivity contribution in [2.75, 3.05) is 6.61 Å². The first-order chi connectivity index (χ1) is 10.5. The van der Waals surface area contributed by atoms with Crippen LogP contribution in [0.2, 0.25) is 10.0 Å².